The number of benzene rings is 1. The number of ether oxygens (including phenoxy) is 3. The Morgan fingerprint density at radius 3 is 2.45 bits per heavy atom. The Labute approximate surface area is 295 Å². The van der Waals surface area contributed by atoms with E-state index in [0.717, 1.165) is 11.1 Å². The average molecular weight is 704 g/mol. The van der Waals surface area contributed by atoms with Crippen molar-refractivity contribution in [1.82, 2.24) is 24.7 Å². The molecule has 1 atom stereocenters. The minimum Gasteiger partial charge on any atom is -0.458 e. The van der Waals surface area contributed by atoms with E-state index in [9.17, 15) is 29.1 Å². The topological polar surface area (TPSA) is 170 Å². The van der Waals surface area contributed by atoms with Gasteiger partial charge in [0.2, 0.25) is 5.91 Å². The molecule has 0 radical (unpaired) electrons. The number of rotatable bonds is 8. The van der Waals surface area contributed by atoms with Crippen LogP contribution in [-0.4, -0.2) is 86.8 Å². The number of nitrogens with zero attached hydrogens (tertiary/aromatic N) is 4. The van der Waals surface area contributed by atoms with Crippen molar-refractivity contribution in [2.24, 2.45) is 0 Å². The van der Waals surface area contributed by atoms with Crippen molar-refractivity contribution in [3.8, 4) is 17.1 Å². The van der Waals surface area contributed by atoms with Gasteiger partial charge in [0, 0.05) is 55.7 Å². The maximum absolute atomic E-state index is 13.6. The van der Waals surface area contributed by atoms with Crippen LogP contribution in [0.2, 0.25) is 0 Å². The van der Waals surface area contributed by atoms with Gasteiger partial charge in [-0.3, -0.25) is 9.59 Å². The summed E-state index contributed by atoms with van der Waals surface area (Å²) in [6.07, 6.45) is 1.31. The first-order valence-corrected chi connectivity index (χ1v) is 17.6. The van der Waals surface area contributed by atoms with E-state index in [1.807, 2.05) is 19.1 Å². The van der Waals surface area contributed by atoms with Crippen LogP contribution in [0.4, 0.5) is 9.59 Å². The monoisotopic (exact) mass is 703 g/mol. The van der Waals surface area contributed by atoms with Crippen LogP contribution < -0.4 is 15.6 Å². The van der Waals surface area contributed by atoms with Crippen LogP contribution in [0.25, 0.3) is 22.3 Å². The standard InChI is InChI=1S/C37H45N5O9/c1-6-22-11-12-28(50-35(47)41-16-14-40(15-17-41)29(43)10-8-9-13-38-34(46)51-36(3,4)5)24-18-23-20-42-27(31(23)39-30(22)24)19-26-25(32(42)44)21-49-33(45)37(26,48)7-2/h11-12,18-19,48H,6-10,13-17,20-21H2,1-5H3,(H,38,46)/t37-/m0/s1. The van der Waals surface area contributed by atoms with Gasteiger partial charge in [-0.1, -0.05) is 19.9 Å². The molecule has 2 aromatic heterocycles. The molecule has 0 saturated carbocycles. The lowest BCUT2D eigenvalue weighted by Crippen LogP contribution is -2.51. The number of fused-ring (bicyclic) bond motifs is 5. The SMILES string of the molecule is CCc1ccc(OC(=O)N2CCN(C(=O)CCCCNC(=O)OC(C)(C)C)CC2)c2cc3c(nc12)-c1cc2c(c(=O)n1C3)COC(=O)[C@]2(O)CC. The number of alkyl carbamates (subject to hydrolysis) is 1. The third kappa shape index (κ3) is 7.01. The summed E-state index contributed by atoms with van der Waals surface area (Å²) in [5.41, 5.74) is 1.03. The quantitative estimate of drug-likeness (QED) is 0.202. The smallest absolute Gasteiger partial charge is 0.415 e. The fourth-order valence-electron chi connectivity index (χ4n) is 6.83. The van der Waals surface area contributed by atoms with Crippen LogP contribution in [0.3, 0.4) is 0 Å². The molecule has 0 unspecified atom stereocenters. The van der Waals surface area contributed by atoms with E-state index in [-0.39, 0.29) is 42.2 Å². The first kappa shape index (κ1) is 35.8. The summed E-state index contributed by atoms with van der Waals surface area (Å²) in [5.74, 6) is -0.440. The Bertz CT molecular complexity index is 1960. The lowest BCUT2D eigenvalue weighted by Gasteiger charge is -2.34. The van der Waals surface area contributed by atoms with Crippen molar-refractivity contribution in [1.29, 1.82) is 0 Å². The second-order valence-corrected chi connectivity index (χ2v) is 14.2. The van der Waals surface area contributed by atoms with E-state index in [2.05, 4.69) is 5.32 Å². The van der Waals surface area contributed by atoms with Crippen molar-refractivity contribution < 1.29 is 38.5 Å². The normalized spacial score (nSPS) is 18.1. The first-order valence-electron chi connectivity index (χ1n) is 17.6. The van der Waals surface area contributed by atoms with Crippen LogP contribution in [0, 0.1) is 0 Å². The van der Waals surface area contributed by atoms with Crippen molar-refractivity contribution in [2.45, 2.75) is 91.1 Å². The van der Waals surface area contributed by atoms with E-state index < -0.39 is 29.4 Å². The van der Waals surface area contributed by atoms with Crippen molar-refractivity contribution in [2.75, 3.05) is 32.7 Å². The Morgan fingerprint density at radius 1 is 1.04 bits per heavy atom. The molecule has 0 spiro atoms. The maximum Gasteiger partial charge on any atom is 0.415 e. The van der Waals surface area contributed by atoms with Gasteiger partial charge in [0.1, 0.15) is 18.0 Å². The summed E-state index contributed by atoms with van der Waals surface area (Å²) in [7, 11) is 0. The fourth-order valence-corrected chi connectivity index (χ4v) is 6.83. The summed E-state index contributed by atoms with van der Waals surface area (Å²) in [5, 5.41) is 14.5. The predicted octanol–water partition coefficient (Wildman–Crippen LogP) is 3.98. The fraction of sp³-hybridized carbons (Fsp3) is 0.514. The third-order valence-electron chi connectivity index (χ3n) is 9.68. The van der Waals surface area contributed by atoms with E-state index in [4.69, 9.17) is 19.2 Å². The number of nitrogens with one attached hydrogen (secondary N) is 1. The number of esters is 1. The molecule has 272 valence electrons. The number of hydrogen-bond donors (Lipinski definition) is 2. The molecule has 3 aliphatic rings. The molecule has 3 amide bonds. The number of carbonyl (C=O) groups excluding carboxylic acids is 4. The molecule has 0 aliphatic carbocycles. The highest BCUT2D eigenvalue weighted by Crippen LogP contribution is 2.40. The number of unbranched alkanes of at least 4 members (excludes halogenated alkanes) is 1. The summed E-state index contributed by atoms with van der Waals surface area (Å²) in [6.45, 7) is 10.9. The van der Waals surface area contributed by atoms with E-state index in [1.54, 1.807) is 54.2 Å². The zero-order valence-electron chi connectivity index (χ0n) is 29.8. The minimum absolute atomic E-state index is 0.000756. The van der Waals surface area contributed by atoms with Gasteiger partial charge in [-0.2, -0.15) is 0 Å². The van der Waals surface area contributed by atoms with Crippen LogP contribution in [0.1, 0.15) is 82.6 Å². The molecule has 14 heteroatoms. The van der Waals surface area contributed by atoms with Gasteiger partial charge in [-0.15, -0.1) is 0 Å². The number of aromatic nitrogens is 2. The zero-order chi connectivity index (χ0) is 36.7. The molecule has 2 N–H and O–H groups in total. The number of pyridine rings is 2. The van der Waals surface area contributed by atoms with Gasteiger partial charge < -0.3 is 39.0 Å². The summed E-state index contributed by atoms with van der Waals surface area (Å²) in [6, 6.07) is 7.18. The number of aliphatic hydroxyl groups is 1. The van der Waals surface area contributed by atoms with Crippen LogP contribution >= 0.6 is 0 Å². The van der Waals surface area contributed by atoms with Crippen LogP contribution in [0.15, 0.2) is 29.1 Å². The molecule has 1 aromatic carbocycles. The van der Waals surface area contributed by atoms with E-state index >= 15 is 0 Å². The first-order chi connectivity index (χ1) is 24.2. The van der Waals surface area contributed by atoms with Gasteiger partial charge in [-0.25, -0.2) is 19.4 Å². The lowest BCUT2D eigenvalue weighted by atomic mass is 9.86. The maximum atomic E-state index is 13.6. The Kier molecular flexibility index (Phi) is 9.82. The molecule has 0 bridgehead atoms. The highest BCUT2D eigenvalue weighted by molar-refractivity contribution is 5.93. The number of cyclic esters (lactones) is 1. The second-order valence-electron chi connectivity index (χ2n) is 14.2. The molecular weight excluding hydrogens is 658 g/mol. The number of aryl methyl sites for hydroxylation is 1. The molecule has 14 nitrogen and oxygen atoms in total. The number of amides is 3. The van der Waals surface area contributed by atoms with Crippen molar-refractivity contribution in [3.63, 3.8) is 0 Å². The molecule has 3 aromatic rings. The second kappa shape index (κ2) is 14.0. The molecule has 5 heterocycles. The molecule has 6 rings (SSSR count). The Morgan fingerprint density at radius 2 is 1.76 bits per heavy atom. The van der Waals surface area contributed by atoms with Crippen LogP contribution in [0.5, 0.6) is 5.75 Å². The summed E-state index contributed by atoms with van der Waals surface area (Å²) >= 11 is 0. The van der Waals surface area contributed by atoms with E-state index in [0.29, 0.717) is 86.4 Å². The number of piperazine rings is 1. The molecular formula is C37H45N5O9. The van der Waals surface area contributed by atoms with E-state index in [1.165, 1.54) is 0 Å². The lowest BCUT2D eigenvalue weighted by molar-refractivity contribution is -0.172. The Balaban J connectivity index is 1.12. The molecule has 3 aliphatic heterocycles. The summed E-state index contributed by atoms with van der Waals surface area (Å²) < 4.78 is 17.9. The van der Waals surface area contributed by atoms with Crippen molar-refractivity contribution >= 4 is 35.0 Å². The minimum atomic E-state index is -1.92. The largest absolute Gasteiger partial charge is 0.458 e. The number of hydrogen-bond acceptors (Lipinski definition) is 10. The highest BCUT2D eigenvalue weighted by Gasteiger charge is 2.45. The average Bonchev–Trinajstić information content (AvgIpc) is 3.46. The van der Waals surface area contributed by atoms with Crippen molar-refractivity contribution in [3.05, 3.63) is 56.9 Å². The number of carbonyl (C=O) groups is 4. The zero-order valence-corrected chi connectivity index (χ0v) is 29.8. The predicted molar refractivity (Wildman–Crippen MR) is 186 cm³/mol. The Hall–Kier alpha value is -4.98. The molecule has 51 heavy (non-hydrogen) atoms. The third-order valence-corrected chi connectivity index (χ3v) is 9.68. The van der Waals surface area contributed by atoms with Gasteiger partial charge in [-0.05, 0) is 70.2 Å². The highest BCUT2D eigenvalue weighted by atomic mass is 16.6. The van der Waals surface area contributed by atoms with Crippen LogP contribution in [-0.2, 0) is 44.2 Å². The van der Waals surface area contributed by atoms with Gasteiger partial charge in [0.05, 0.1) is 29.0 Å². The van der Waals surface area contributed by atoms with Gasteiger partial charge in [0.25, 0.3) is 5.56 Å². The van der Waals surface area contributed by atoms with Gasteiger partial charge in [0.15, 0.2) is 5.60 Å². The molecule has 1 saturated heterocycles. The summed E-state index contributed by atoms with van der Waals surface area (Å²) in [4.78, 5) is 72.4. The molecule has 1 fully saturated rings. The van der Waals surface area contributed by atoms with Gasteiger partial charge >= 0.3 is 18.2 Å².